The van der Waals surface area contributed by atoms with Gasteiger partial charge in [0, 0.05) is 22.5 Å². The van der Waals surface area contributed by atoms with Crippen molar-refractivity contribution in [3.63, 3.8) is 0 Å². The highest BCUT2D eigenvalue weighted by Crippen LogP contribution is 2.50. The van der Waals surface area contributed by atoms with E-state index in [-0.39, 0.29) is 5.41 Å². The maximum atomic E-state index is 2.38. The molecule has 1 nitrogen and oxygen atoms in total. The molecular weight excluding hydrogens is 349 g/mol. The zero-order valence-electron chi connectivity index (χ0n) is 17.2. The third-order valence-electron chi connectivity index (χ3n) is 6.20. The van der Waals surface area contributed by atoms with Gasteiger partial charge in [0.2, 0.25) is 0 Å². The van der Waals surface area contributed by atoms with Gasteiger partial charge in [0.15, 0.2) is 0 Å². The molecule has 4 aromatic carbocycles. The van der Waals surface area contributed by atoms with Crippen LogP contribution in [0.15, 0.2) is 97.1 Å². The molecule has 0 aromatic heterocycles. The molecule has 0 bridgehead atoms. The van der Waals surface area contributed by atoms with E-state index in [1.54, 1.807) is 0 Å². The van der Waals surface area contributed by atoms with E-state index in [0.717, 1.165) is 0 Å². The predicted octanol–water partition coefficient (Wildman–Crippen LogP) is 5.72. The summed E-state index contributed by atoms with van der Waals surface area (Å²) in [6.07, 6.45) is 0. The highest BCUT2D eigenvalue weighted by molar-refractivity contribution is 6.36. The largest absolute Gasteiger partial charge is 0.311 e. The molecule has 0 unspecified atom stereocenters. The summed E-state index contributed by atoms with van der Waals surface area (Å²) in [5.74, 6) is 0. The van der Waals surface area contributed by atoms with Crippen molar-refractivity contribution in [2.75, 3.05) is 4.90 Å². The Hall–Kier alpha value is -3.26. The number of para-hydroxylation sites is 2. The molecule has 0 aliphatic heterocycles. The number of hydrogen-bond donors (Lipinski definition) is 0. The van der Waals surface area contributed by atoms with Gasteiger partial charge in [-0.2, -0.15) is 0 Å². The highest BCUT2D eigenvalue weighted by Gasteiger charge is 2.35. The first-order valence-corrected chi connectivity index (χ1v) is 10.2. The number of fused-ring (bicyclic) bond motifs is 3. The van der Waals surface area contributed by atoms with E-state index in [0.29, 0.717) is 0 Å². The topological polar surface area (TPSA) is 3.24 Å². The lowest BCUT2D eigenvalue weighted by Crippen LogP contribution is -2.20. The fraction of sp³-hybridized carbons (Fsp3) is 0.111. The Kier molecular flexibility index (Phi) is 4.10. The Morgan fingerprint density at radius 2 is 1.28 bits per heavy atom. The molecule has 0 amide bonds. The van der Waals surface area contributed by atoms with Gasteiger partial charge in [0.05, 0.1) is 0 Å². The first kappa shape index (κ1) is 17.8. The molecule has 1 aliphatic rings. The van der Waals surface area contributed by atoms with Crippen molar-refractivity contribution >= 4 is 30.4 Å². The van der Waals surface area contributed by atoms with Gasteiger partial charge in [-0.3, -0.25) is 0 Å². The van der Waals surface area contributed by atoms with Crippen LogP contribution in [0.2, 0.25) is 0 Å². The van der Waals surface area contributed by atoms with Crippen LogP contribution < -0.4 is 10.4 Å². The van der Waals surface area contributed by atoms with E-state index in [4.69, 9.17) is 0 Å². The normalized spacial score (nSPS) is 13.6. The fourth-order valence-corrected chi connectivity index (χ4v) is 4.65. The molecule has 29 heavy (non-hydrogen) atoms. The van der Waals surface area contributed by atoms with Crippen molar-refractivity contribution in [3.8, 4) is 11.1 Å². The molecule has 0 fully saturated rings. The lowest BCUT2D eigenvalue weighted by Gasteiger charge is -2.29. The van der Waals surface area contributed by atoms with Crippen LogP contribution in [0.3, 0.4) is 0 Å². The molecule has 0 saturated carbocycles. The fourth-order valence-electron chi connectivity index (χ4n) is 4.65. The summed E-state index contributed by atoms with van der Waals surface area (Å²) in [5.41, 5.74) is 10.4. The van der Waals surface area contributed by atoms with Gasteiger partial charge in [0.1, 0.15) is 7.85 Å². The van der Waals surface area contributed by atoms with Crippen molar-refractivity contribution in [2.45, 2.75) is 19.3 Å². The first-order chi connectivity index (χ1) is 14.1. The van der Waals surface area contributed by atoms with Crippen molar-refractivity contribution in [1.29, 1.82) is 0 Å². The van der Waals surface area contributed by atoms with Crippen LogP contribution in [-0.4, -0.2) is 7.85 Å². The van der Waals surface area contributed by atoms with Crippen LogP contribution in [0.1, 0.15) is 25.0 Å². The minimum atomic E-state index is -0.00394. The summed E-state index contributed by atoms with van der Waals surface area (Å²) in [7, 11) is 2.18. The summed E-state index contributed by atoms with van der Waals surface area (Å²) in [4.78, 5) is 2.37. The average Bonchev–Trinajstić information content (AvgIpc) is 2.98. The molecule has 5 rings (SSSR count). The molecule has 0 heterocycles. The molecule has 0 radical (unpaired) electrons. The second kappa shape index (κ2) is 6.67. The van der Waals surface area contributed by atoms with Crippen molar-refractivity contribution < 1.29 is 0 Å². The number of anilines is 3. The number of rotatable bonds is 3. The van der Waals surface area contributed by atoms with Crippen molar-refractivity contribution in [1.82, 2.24) is 0 Å². The maximum Gasteiger partial charge on any atom is 0.142 e. The lowest BCUT2D eigenvalue weighted by atomic mass is 9.82. The second-order valence-corrected chi connectivity index (χ2v) is 8.36. The number of benzene rings is 4. The molecule has 4 aromatic rings. The molecule has 140 valence electrons. The number of hydrogen-bond acceptors (Lipinski definition) is 1. The molecule has 0 atom stereocenters. The molecule has 2 heteroatoms. The quantitative estimate of drug-likeness (QED) is 0.415. The minimum Gasteiger partial charge on any atom is -0.311 e. The third-order valence-corrected chi connectivity index (χ3v) is 6.20. The summed E-state index contributed by atoms with van der Waals surface area (Å²) in [5, 5.41) is 0. The van der Waals surface area contributed by atoms with Gasteiger partial charge in [-0.1, -0.05) is 86.0 Å². The summed E-state index contributed by atoms with van der Waals surface area (Å²) < 4.78 is 0. The van der Waals surface area contributed by atoms with Gasteiger partial charge >= 0.3 is 0 Å². The maximum absolute atomic E-state index is 2.38. The van der Waals surface area contributed by atoms with Gasteiger partial charge in [-0.05, 0) is 52.6 Å². The van der Waals surface area contributed by atoms with Crippen LogP contribution in [-0.2, 0) is 5.41 Å². The monoisotopic (exact) mass is 373 g/mol. The molecular formula is C27H24BN. The number of nitrogens with zero attached hydrogens (tertiary/aromatic N) is 1. The molecule has 0 spiro atoms. The van der Waals surface area contributed by atoms with Crippen LogP contribution >= 0.6 is 0 Å². The standard InChI is InChI=1S/C27H24BN/c1-27(2)23-13-7-6-12-21(23)22-17-16-20(18-24(22)27)29(19-10-4-3-5-11-19)26-15-9-8-14-25(26)28/h3-18H,28H2,1-2H3. The smallest absolute Gasteiger partial charge is 0.142 e. The van der Waals surface area contributed by atoms with Gasteiger partial charge < -0.3 is 4.90 Å². The molecule has 0 saturated heterocycles. The van der Waals surface area contributed by atoms with Crippen LogP contribution in [0.4, 0.5) is 17.1 Å². The predicted molar refractivity (Wildman–Crippen MR) is 127 cm³/mol. The van der Waals surface area contributed by atoms with E-state index < -0.39 is 0 Å². The van der Waals surface area contributed by atoms with Crippen LogP contribution in [0, 0.1) is 0 Å². The van der Waals surface area contributed by atoms with Crippen molar-refractivity contribution in [3.05, 3.63) is 108 Å². The lowest BCUT2D eigenvalue weighted by molar-refractivity contribution is 0.660. The molecule has 0 N–H and O–H groups in total. The summed E-state index contributed by atoms with van der Waals surface area (Å²) in [6.45, 7) is 4.67. The van der Waals surface area contributed by atoms with Gasteiger partial charge in [0.25, 0.3) is 0 Å². The van der Waals surface area contributed by atoms with E-state index >= 15 is 0 Å². The van der Waals surface area contributed by atoms with Crippen molar-refractivity contribution in [2.24, 2.45) is 0 Å². The average molecular weight is 373 g/mol. The minimum absolute atomic E-state index is 0.00394. The Labute approximate surface area is 174 Å². The third kappa shape index (κ3) is 2.79. The SMILES string of the molecule is Bc1ccccc1N(c1ccccc1)c1ccc2c(c1)C(C)(C)c1ccccc1-2. The summed E-state index contributed by atoms with van der Waals surface area (Å²) >= 11 is 0. The molecule has 1 aliphatic carbocycles. The zero-order valence-corrected chi connectivity index (χ0v) is 17.2. The van der Waals surface area contributed by atoms with E-state index in [2.05, 4.69) is 124 Å². The Bertz CT molecular complexity index is 1190. The summed E-state index contributed by atoms with van der Waals surface area (Å²) in [6, 6.07) is 35.0. The van der Waals surface area contributed by atoms with Gasteiger partial charge in [-0.15, -0.1) is 0 Å². The first-order valence-electron chi connectivity index (χ1n) is 10.2. The Morgan fingerprint density at radius 3 is 2.07 bits per heavy atom. The van der Waals surface area contributed by atoms with E-state index in [9.17, 15) is 0 Å². The van der Waals surface area contributed by atoms with Crippen LogP contribution in [0.5, 0.6) is 0 Å². The second-order valence-electron chi connectivity index (χ2n) is 8.36. The Balaban J connectivity index is 1.72. The van der Waals surface area contributed by atoms with E-state index in [1.807, 2.05) is 0 Å². The Morgan fingerprint density at radius 1 is 0.621 bits per heavy atom. The zero-order chi connectivity index (χ0) is 20.0. The van der Waals surface area contributed by atoms with Crippen LogP contribution in [0.25, 0.3) is 11.1 Å². The van der Waals surface area contributed by atoms with E-state index in [1.165, 1.54) is 44.8 Å². The van der Waals surface area contributed by atoms with Gasteiger partial charge in [-0.25, -0.2) is 0 Å². The highest BCUT2D eigenvalue weighted by atomic mass is 15.1.